The van der Waals surface area contributed by atoms with Gasteiger partial charge in [-0.3, -0.25) is 0 Å². The molecule has 2 N–H and O–H groups in total. The van der Waals surface area contributed by atoms with Crippen LogP contribution in [0.15, 0.2) is 30.3 Å². The quantitative estimate of drug-likeness (QED) is 0.751. The molecule has 0 aliphatic carbocycles. The van der Waals surface area contributed by atoms with Crippen LogP contribution in [0.1, 0.15) is 25.6 Å². The molecule has 6 heteroatoms. The van der Waals surface area contributed by atoms with Crippen LogP contribution in [-0.4, -0.2) is 42.8 Å². The van der Waals surface area contributed by atoms with Crippen molar-refractivity contribution in [3.63, 3.8) is 0 Å². The summed E-state index contributed by atoms with van der Waals surface area (Å²) in [6, 6.07) is 10.3. The van der Waals surface area contributed by atoms with Crippen LogP contribution < -0.4 is 15.5 Å². The number of rotatable bonds is 7. The molecule has 6 nitrogen and oxygen atoms in total. The van der Waals surface area contributed by atoms with Gasteiger partial charge in [-0.2, -0.15) is 0 Å². The topological polar surface area (TPSA) is 62.3 Å². The van der Waals surface area contributed by atoms with Crippen molar-refractivity contribution >= 4 is 23.0 Å². The second kappa shape index (κ2) is 8.67. The third-order valence-corrected chi connectivity index (χ3v) is 4.19. The number of nitrogens with zero attached hydrogens (tertiary/aromatic N) is 3. The van der Waals surface area contributed by atoms with E-state index >= 15 is 0 Å². The lowest BCUT2D eigenvalue weighted by Gasteiger charge is -2.30. The molecule has 0 unspecified atom stereocenters. The number of para-hydroxylation sites is 2. The Bertz CT molecular complexity index is 685. The van der Waals surface area contributed by atoms with Gasteiger partial charge in [0, 0.05) is 25.7 Å². The van der Waals surface area contributed by atoms with Crippen molar-refractivity contribution in [1.82, 2.24) is 9.97 Å². The molecule has 0 bridgehead atoms. The van der Waals surface area contributed by atoms with E-state index in [1.54, 1.807) is 0 Å². The van der Waals surface area contributed by atoms with Crippen molar-refractivity contribution in [2.24, 2.45) is 0 Å². The number of unbranched alkanes of at least 4 members (excludes halogenated alkanes) is 1. The molecule has 3 rings (SSSR count). The van der Waals surface area contributed by atoms with Gasteiger partial charge in [-0.15, -0.1) is 0 Å². The van der Waals surface area contributed by atoms with Crippen LogP contribution in [0.2, 0.25) is 0 Å². The minimum absolute atomic E-state index is 0.757. The molecule has 0 spiro atoms. The molecule has 1 aromatic carbocycles. The van der Waals surface area contributed by atoms with E-state index in [1.807, 2.05) is 19.1 Å². The van der Waals surface area contributed by atoms with Gasteiger partial charge in [0.15, 0.2) is 0 Å². The van der Waals surface area contributed by atoms with Gasteiger partial charge < -0.3 is 20.3 Å². The molecular weight excluding hydrogens is 314 g/mol. The van der Waals surface area contributed by atoms with Gasteiger partial charge in [-0.1, -0.05) is 25.5 Å². The molecule has 1 aliphatic heterocycles. The molecule has 0 radical (unpaired) electrons. The van der Waals surface area contributed by atoms with Crippen LogP contribution in [-0.2, 0) is 4.74 Å². The highest BCUT2D eigenvalue weighted by Gasteiger charge is 2.15. The van der Waals surface area contributed by atoms with Crippen LogP contribution in [0.3, 0.4) is 0 Å². The van der Waals surface area contributed by atoms with Gasteiger partial charge in [-0.05, 0) is 25.5 Å². The van der Waals surface area contributed by atoms with Crippen molar-refractivity contribution in [2.45, 2.75) is 26.7 Å². The molecule has 1 aliphatic rings. The Morgan fingerprint density at radius 2 is 1.88 bits per heavy atom. The summed E-state index contributed by atoms with van der Waals surface area (Å²) < 4.78 is 5.47. The third-order valence-electron chi connectivity index (χ3n) is 4.19. The Labute approximate surface area is 149 Å². The average Bonchev–Trinajstić information content (AvgIpc) is 2.63. The number of anilines is 4. The van der Waals surface area contributed by atoms with E-state index in [1.165, 1.54) is 5.69 Å². The lowest BCUT2D eigenvalue weighted by atomic mass is 10.2. The second-order valence-corrected chi connectivity index (χ2v) is 6.21. The van der Waals surface area contributed by atoms with Gasteiger partial charge in [0.25, 0.3) is 0 Å². The van der Waals surface area contributed by atoms with Gasteiger partial charge in [0.2, 0.25) is 0 Å². The largest absolute Gasteiger partial charge is 0.378 e. The summed E-state index contributed by atoms with van der Waals surface area (Å²) in [5.74, 6) is 2.44. The Morgan fingerprint density at radius 1 is 1.12 bits per heavy atom. The summed E-state index contributed by atoms with van der Waals surface area (Å²) in [5, 5.41) is 6.84. The van der Waals surface area contributed by atoms with Crippen LogP contribution in [0.25, 0.3) is 0 Å². The summed E-state index contributed by atoms with van der Waals surface area (Å²) in [6.07, 6.45) is 2.29. The molecule has 0 amide bonds. The normalized spacial score (nSPS) is 14.4. The number of morpholine rings is 1. The van der Waals surface area contributed by atoms with Crippen LogP contribution >= 0.6 is 0 Å². The molecule has 1 saturated heterocycles. The number of hydrogen-bond donors (Lipinski definition) is 2. The van der Waals surface area contributed by atoms with E-state index in [0.29, 0.717) is 0 Å². The Kier molecular flexibility index (Phi) is 6.06. The summed E-state index contributed by atoms with van der Waals surface area (Å²) in [6.45, 7) is 8.39. The SMILES string of the molecule is CCCCNc1cc(Nc2ccccc2N2CCOCC2)nc(C)n1. The first-order chi connectivity index (χ1) is 12.3. The summed E-state index contributed by atoms with van der Waals surface area (Å²) in [7, 11) is 0. The fraction of sp³-hybridized carbons (Fsp3) is 0.474. The molecule has 25 heavy (non-hydrogen) atoms. The Morgan fingerprint density at radius 3 is 2.68 bits per heavy atom. The first-order valence-electron chi connectivity index (χ1n) is 9.04. The standard InChI is InChI=1S/C19H27N5O/c1-3-4-9-20-18-14-19(22-15(2)21-18)23-16-7-5-6-8-17(16)24-10-12-25-13-11-24/h5-8,14H,3-4,9-13H2,1-2H3,(H2,20,21,22,23). The zero-order valence-corrected chi connectivity index (χ0v) is 15.1. The maximum Gasteiger partial charge on any atom is 0.136 e. The number of hydrogen-bond acceptors (Lipinski definition) is 6. The Hall–Kier alpha value is -2.34. The lowest BCUT2D eigenvalue weighted by molar-refractivity contribution is 0.123. The summed E-state index contributed by atoms with van der Waals surface area (Å²) >= 11 is 0. The predicted molar refractivity (Wildman–Crippen MR) is 103 cm³/mol. The van der Waals surface area contributed by atoms with Gasteiger partial charge >= 0.3 is 0 Å². The van der Waals surface area contributed by atoms with Crippen molar-refractivity contribution in [1.29, 1.82) is 0 Å². The maximum absolute atomic E-state index is 5.47. The first kappa shape index (κ1) is 17.5. The molecule has 134 valence electrons. The van der Waals surface area contributed by atoms with E-state index in [0.717, 1.165) is 68.8 Å². The first-order valence-corrected chi connectivity index (χ1v) is 9.04. The molecule has 0 saturated carbocycles. The number of nitrogens with one attached hydrogen (secondary N) is 2. The van der Waals surface area contributed by atoms with Crippen molar-refractivity contribution in [3.05, 3.63) is 36.2 Å². The van der Waals surface area contributed by atoms with Crippen LogP contribution in [0.5, 0.6) is 0 Å². The third kappa shape index (κ3) is 4.82. The molecule has 2 heterocycles. The summed E-state index contributed by atoms with van der Waals surface area (Å²) in [4.78, 5) is 11.4. The highest BCUT2D eigenvalue weighted by molar-refractivity contribution is 5.74. The van der Waals surface area contributed by atoms with E-state index in [2.05, 4.69) is 50.6 Å². The van der Waals surface area contributed by atoms with E-state index < -0.39 is 0 Å². The second-order valence-electron chi connectivity index (χ2n) is 6.21. The Balaban J connectivity index is 1.78. The van der Waals surface area contributed by atoms with Gasteiger partial charge in [-0.25, -0.2) is 9.97 Å². The van der Waals surface area contributed by atoms with Gasteiger partial charge in [0.1, 0.15) is 17.5 Å². The number of ether oxygens (including phenoxy) is 1. The van der Waals surface area contributed by atoms with Crippen molar-refractivity contribution in [3.8, 4) is 0 Å². The monoisotopic (exact) mass is 341 g/mol. The average molecular weight is 341 g/mol. The van der Waals surface area contributed by atoms with Crippen molar-refractivity contribution in [2.75, 3.05) is 48.4 Å². The highest BCUT2D eigenvalue weighted by Crippen LogP contribution is 2.29. The zero-order chi connectivity index (χ0) is 17.5. The molecule has 1 fully saturated rings. The van der Waals surface area contributed by atoms with E-state index in [9.17, 15) is 0 Å². The number of benzene rings is 1. The highest BCUT2D eigenvalue weighted by atomic mass is 16.5. The van der Waals surface area contributed by atoms with Crippen molar-refractivity contribution < 1.29 is 4.74 Å². The molecule has 2 aromatic rings. The molecular formula is C19H27N5O. The van der Waals surface area contributed by atoms with E-state index in [-0.39, 0.29) is 0 Å². The minimum Gasteiger partial charge on any atom is -0.378 e. The van der Waals surface area contributed by atoms with Crippen LogP contribution in [0.4, 0.5) is 23.0 Å². The lowest BCUT2D eigenvalue weighted by Crippen LogP contribution is -2.36. The fourth-order valence-electron chi connectivity index (χ4n) is 2.91. The van der Waals surface area contributed by atoms with Crippen LogP contribution in [0, 0.1) is 6.92 Å². The smallest absolute Gasteiger partial charge is 0.136 e. The zero-order valence-electron chi connectivity index (χ0n) is 15.1. The van der Waals surface area contributed by atoms with Gasteiger partial charge in [0.05, 0.1) is 24.6 Å². The number of aromatic nitrogens is 2. The fourth-order valence-corrected chi connectivity index (χ4v) is 2.91. The van der Waals surface area contributed by atoms with E-state index in [4.69, 9.17) is 4.74 Å². The summed E-state index contributed by atoms with van der Waals surface area (Å²) in [5.41, 5.74) is 2.24. The molecule has 1 aromatic heterocycles. The predicted octanol–water partition coefficient (Wildman–Crippen LogP) is 3.58. The molecule has 0 atom stereocenters. The minimum atomic E-state index is 0.757. The number of aryl methyl sites for hydroxylation is 1. The maximum atomic E-state index is 5.47.